The lowest BCUT2D eigenvalue weighted by Gasteiger charge is -2.33. The maximum atomic E-state index is 13.9. The van der Waals surface area contributed by atoms with Crippen LogP contribution in [0.25, 0.3) is 0 Å². The lowest BCUT2D eigenvalue weighted by Crippen LogP contribution is -2.46. The van der Waals surface area contributed by atoms with E-state index in [-0.39, 0.29) is 22.5 Å². The number of hydrogen-bond acceptors (Lipinski definition) is 2. The van der Waals surface area contributed by atoms with E-state index in [0.29, 0.717) is 18.4 Å². The number of amides is 2. The van der Waals surface area contributed by atoms with Crippen LogP contribution in [0.5, 0.6) is 0 Å². The van der Waals surface area contributed by atoms with Gasteiger partial charge in [-0.05, 0) is 37.5 Å². The summed E-state index contributed by atoms with van der Waals surface area (Å²) in [6.07, 6.45) is 3.90. The van der Waals surface area contributed by atoms with Gasteiger partial charge in [0, 0.05) is 10.6 Å². The molecule has 2 amide bonds. The van der Waals surface area contributed by atoms with Gasteiger partial charge in [0.1, 0.15) is 5.82 Å². The molecule has 1 atom stereocenters. The molecular formula is C14H11ClFNO2. The van der Waals surface area contributed by atoms with Crippen LogP contribution in [0, 0.1) is 11.7 Å². The van der Waals surface area contributed by atoms with Gasteiger partial charge in [0.05, 0.1) is 11.6 Å². The lowest BCUT2D eigenvalue weighted by atomic mass is 9.85. The third-order valence-electron chi connectivity index (χ3n) is 3.53. The van der Waals surface area contributed by atoms with Crippen molar-refractivity contribution in [3.05, 3.63) is 40.7 Å². The number of fused-ring (bicyclic) bond motifs is 1. The predicted octanol–water partition coefficient (Wildman–Crippen LogP) is 3.08. The number of halogens is 2. The summed E-state index contributed by atoms with van der Waals surface area (Å²) in [6.45, 7) is 0. The first-order valence-electron chi connectivity index (χ1n) is 6.12. The molecule has 1 aromatic rings. The molecule has 1 heterocycles. The van der Waals surface area contributed by atoms with Crippen molar-refractivity contribution < 1.29 is 14.0 Å². The molecule has 1 aliphatic heterocycles. The van der Waals surface area contributed by atoms with Crippen LogP contribution in [0.3, 0.4) is 0 Å². The van der Waals surface area contributed by atoms with E-state index in [1.165, 1.54) is 12.1 Å². The molecule has 2 aliphatic rings. The Morgan fingerprint density at radius 2 is 2.11 bits per heavy atom. The summed E-state index contributed by atoms with van der Waals surface area (Å²) >= 11 is 5.68. The first-order chi connectivity index (χ1) is 9.08. The van der Waals surface area contributed by atoms with E-state index in [4.69, 9.17) is 11.6 Å². The van der Waals surface area contributed by atoms with E-state index in [1.54, 1.807) is 6.08 Å². The van der Waals surface area contributed by atoms with E-state index in [1.807, 2.05) is 0 Å². The van der Waals surface area contributed by atoms with Crippen LogP contribution in [-0.4, -0.2) is 11.8 Å². The Kier molecular flexibility index (Phi) is 2.90. The van der Waals surface area contributed by atoms with Gasteiger partial charge in [0.25, 0.3) is 5.91 Å². The Hall–Kier alpha value is -1.68. The van der Waals surface area contributed by atoms with E-state index in [2.05, 4.69) is 0 Å². The van der Waals surface area contributed by atoms with Crippen molar-refractivity contribution in [1.29, 1.82) is 0 Å². The number of nitrogens with zero attached hydrogens (tertiary/aromatic N) is 1. The summed E-state index contributed by atoms with van der Waals surface area (Å²) < 4.78 is 13.9. The van der Waals surface area contributed by atoms with Crippen LogP contribution in [0.2, 0.25) is 5.02 Å². The lowest BCUT2D eigenvalue weighted by molar-refractivity contribution is -0.128. The van der Waals surface area contributed by atoms with E-state index < -0.39 is 11.7 Å². The fourth-order valence-corrected chi connectivity index (χ4v) is 2.75. The second-order valence-corrected chi connectivity index (χ2v) is 5.20. The Bertz CT molecular complexity index is 611. The van der Waals surface area contributed by atoms with Gasteiger partial charge in [0.2, 0.25) is 5.91 Å². The highest BCUT2D eigenvalue weighted by Crippen LogP contribution is 2.34. The summed E-state index contributed by atoms with van der Waals surface area (Å²) in [5.74, 6) is -1.73. The number of imide groups is 1. The first-order valence-corrected chi connectivity index (χ1v) is 6.50. The van der Waals surface area contributed by atoms with Gasteiger partial charge >= 0.3 is 0 Å². The SMILES string of the molecule is O=C1C2=CC(CCC2)C(=O)N1c1ccc(Cl)cc1F. The molecule has 0 fully saturated rings. The van der Waals surface area contributed by atoms with Crippen molar-refractivity contribution >= 4 is 29.1 Å². The molecule has 2 bridgehead atoms. The zero-order valence-electron chi connectivity index (χ0n) is 10.0. The second-order valence-electron chi connectivity index (χ2n) is 4.77. The third kappa shape index (κ3) is 1.96. The van der Waals surface area contributed by atoms with Crippen LogP contribution < -0.4 is 4.90 Å². The minimum Gasteiger partial charge on any atom is -0.273 e. The predicted molar refractivity (Wildman–Crippen MR) is 69.3 cm³/mol. The Balaban J connectivity index is 2.07. The molecule has 1 aliphatic carbocycles. The molecule has 98 valence electrons. The monoisotopic (exact) mass is 279 g/mol. The van der Waals surface area contributed by atoms with Gasteiger partial charge in [-0.3, -0.25) is 9.59 Å². The zero-order chi connectivity index (χ0) is 13.6. The molecule has 0 aromatic heterocycles. The van der Waals surface area contributed by atoms with Gasteiger partial charge in [-0.1, -0.05) is 17.7 Å². The highest BCUT2D eigenvalue weighted by Gasteiger charge is 2.39. The molecule has 0 saturated heterocycles. The molecule has 19 heavy (non-hydrogen) atoms. The Labute approximate surface area is 114 Å². The third-order valence-corrected chi connectivity index (χ3v) is 3.76. The van der Waals surface area contributed by atoms with Crippen LogP contribution in [0.4, 0.5) is 10.1 Å². The van der Waals surface area contributed by atoms with Gasteiger partial charge < -0.3 is 0 Å². The normalized spacial score (nSPS) is 22.5. The average molecular weight is 280 g/mol. The molecule has 0 saturated carbocycles. The summed E-state index contributed by atoms with van der Waals surface area (Å²) in [7, 11) is 0. The number of carbonyl (C=O) groups excluding carboxylic acids is 2. The van der Waals surface area contributed by atoms with Crippen molar-refractivity contribution in [3.63, 3.8) is 0 Å². The van der Waals surface area contributed by atoms with Gasteiger partial charge in [-0.25, -0.2) is 9.29 Å². The zero-order valence-corrected chi connectivity index (χ0v) is 10.8. The minimum atomic E-state index is -0.658. The van der Waals surface area contributed by atoms with Crippen LogP contribution >= 0.6 is 11.6 Å². The largest absolute Gasteiger partial charge is 0.273 e. The van der Waals surface area contributed by atoms with Crippen LogP contribution in [-0.2, 0) is 9.59 Å². The number of rotatable bonds is 1. The molecule has 3 nitrogen and oxygen atoms in total. The van der Waals surface area contributed by atoms with E-state index in [0.717, 1.165) is 17.4 Å². The summed E-state index contributed by atoms with van der Waals surface area (Å²) in [5, 5.41) is 0.234. The molecule has 0 spiro atoms. The summed E-state index contributed by atoms with van der Waals surface area (Å²) in [6, 6.07) is 3.95. The fourth-order valence-electron chi connectivity index (χ4n) is 2.60. The second kappa shape index (κ2) is 4.46. The number of hydrogen-bond donors (Lipinski definition) is 0. The smallest absolute Gasteiger partial charge is 0.260 e. The van der Waals surface area contributed by atoms with Gasteiger partial charge in [-0.2, -0.15) is 0 Å². The maximum absolute atomic E-state index is 13.9. The molecule has 0 N–H and O–H groups in total. The highest BCUT2D eigenvalue weighted by molar-refractivity contribution is 6.31. The molecule has 3 rings (SSSR count). The Morgan fingerprint density at radius 1 is 1.32 bits per heavy atom. The number of anilines is 1. The molecule has 5 heteroatoms. The highest BCUT2D eigenvalue weighted by atomic mass is 35.5. The van der Waals surface area contributed by atoms with Crippen molar-refractivity contribution in [3.8, 4) is 0 Å². The summed E-state index contributed by atoms with van der Waals surface area (Å²) in [5.41, 5.74) is 0.585. The average Bonchev–Trinajstić information content (AvgIpc) is 2.40. The van der Waals surface area contributed by atoms with Crippen LogP contribution in [0.15, 0.2) is 29.8 Å². The maximum Gasteiger partial charge on any atom is 0.260 e. The molecular weight excluding hydrogens is 269 g/mol. The van der Waals surface area contributed by atoms with E-state index >= 15 is 0 Å². The molecule has 1 aromatic carbocycles. The Morgan fingerprint density at radius 3 is 2.84 bits per heavy atom. The van der Waals surface area contributed by atoms with Crippen molar-refractivity contribution in [2.45, 2.75) is 19.3 Å². The van der Waals surface area contributed by atoms with Crippen molar-refractivity contribution in [2.75, 3.05) is 4.90 Å². The van der Waals surface area contributed by atoms with Crippen LogP contribution in [0.1, 0.15) is 19.3 Å². The fraction of sp³-hybridized carbons (Fsp3) is 0.286. The first kappa shape index (κ1) is 12.4. The van der Waals surface area contributed by atoms with Gasteiger partial charge in [0.15, 0.2) is 0 Å². The molecule has 1 unspecified atom stereocenters. The summed E-state index contributed by atoms with van der Waals surface area (Å²) in [4.78, 5) is 25.4. The molecule has 0 radical (unpaired) electrons. The topological polar surface area (TPSA) is 37.4 Å². The van der Waals surface area contributed by atoms with Crippen molar-refractivity contribution in [2.24, 2.45) is 5.92 Å². The minimum absolute atomic E-state index is 0.0168. The quantitative estimate of drug-likeness (QED) is 0.741. The van der Waals surface area contributed by atoms with Crippen molar-refractivity contribution in [1.82, 2.24) is 0 Å². The van der Waals surface area contributed by atoms with Gasteiger partial charge in [-0.15, -0.1) is 0 Å². The number of carbonyl (C=O) groups is 2. The van der Waals surface area contributed by atoms with E-state index in [9.17, 15) is 14.0 Å². The number of benzene rings is 1. The standard InChI is InChI=1S/C14H11ClFNO2/c15-10-4-5-12(11(16)7-10)17-13(18)8-2-1-3-9(6-8)14(17)19/h4-8H,1-3H2.